The molecule has 1 aliphatic carbocycles. The highest BCUT2D eigenvalue weighted by atomic mass is 16.5. The Balaban J connectivity index is 1.66. The smallest absolute Gasteiger partial charge is 0.329 e. The highest BCUT2D eigenvalue weighted by Crippen LogP contribution is 2.48. The van der Waals surface area contributed by atoms with Crippen LogP contribution in [-0.4, -0.2) is 67.6 Å². The van der Waals surface area contributed by atoms with Crippen LogP contribution in [0.1, 0.15) is 26.2 Å². The summed E-state index contributed by atoms with van der Waals surface area (Å²) in [5.74, 6) is -0.993. The van der Waals surface area contributed by atoms with Crippen LogP contribution in [0.15, 0.2) is 0 Å². The van der Waals surface area contributed by atoms with Gasteiger partial charge in [-0.3, -0.25) is 0 Å². The topological polar surface area (TPSA) is 88.1 Å². The molecule has 7 nitrogen and oxygen atoms in total. The molecule has 0 bridgehead atoms. The first-order valence-electron chi connectivity index (χ1n) is 7.26. The molecule has 0 aromatic heterocycles. The van der Waals surface area contributed by atoms with Gasteiger partial charge in [0, 0.05) is 20.3 Å². The van der Waals surface area contributed by atoms with Crippen LogP contribution in [0.25, 0.3) is 0 Å². The van der Waals surface area contributed by atoms with Crippen molar-refractivity contribution in [2.24, 2.45) is 5.41 Å². The van der Waals surface area contributed by atoms with Crippen LogP contribution < -0.4 is 5.32 Å². The highest BCUT2D eigenvalue weighted by molar-refractivity contribution is 5.75. The molecular weight excluding hydrogens is 276 g/mol. The second kappa shape index (κ2) is 6.19. The van der Waals surface area contributed by atoms with E-state index in [1.165, 1.54) is 0 Å². The monoisotopic (exact) mass is 300 g/mol. The number of nitrogens with zero attached hydrogens (tertiary/aromatic N) is 1. The number of hydrogen-bond acceptors (Lipinski definition) is 4. The first kappa shape index (κ1) is 16.0. The van der Waals surface area contributed by atoms with Crippen molar-refractivity contribution in [2.45, 2.75) is 31.8 Å². The summed E-state index contributed by atoms with van der Waals surface area (Å²) < 4.78 is 10.4. The Morgan fingerprint density at radius 2 is 2.00 bits per heavy atom. The van der Waals surface area contributed by atoms with Crippen LogP contribution in [0, 0.1) is 5.41 Å². The fourth-order valence-electron chi connectivity index (χ4n) is 2.62. The molecule has 0 aromatic rings. The number of methoxy groups -OCH3 is 1. The number of hydrogen-bond donors (Lipinski definition) is 2. The quantitative estimate of drug-likeness (QED) is 0.688. The molecule has 0 aromatic carbocycles. The Morgan fingerprint density at radius 3 is 2.52 bits per heavy atom. The molecule has 0 spiro atoms. The standard InChI is InChI=1S/C14H24N2O5/c1-13(21-7-11(17)18)9-16(10-13)12(19)15-8-14(3-4-14)5-6-20-2/h3-10H2,1-2H3,(H,15,19)(H,17,18). The number of rotatable bonds is 8. The number of likely N-dealkylation sites (tertiary alicyclic amines) is 1. The minimum Gasteiger partial charge on any atom is -0.480 e. The normalized spacial score (nSPS) is 21.5. The Labute approximate surface area is 124 Å². The first-order valence-corrected chi connectivity index (χ1v) is 7.26. The molecule has 2 aliphatic rings. The molecule has 0 radical (unpaired) electrons. The molecule has 21 heavy (non-hydrogen) atoms. The molecule has 2 N–H and O–H groups in total. The summed E-state index contributed by atoms with van der Waals surface area (Å²) in [5, 5.41) is 11.6. The van der Waals surface area contributed by atoms with Gasteiger partial charge in [-0.05, 0) is 31.6 Å². The van der Waals surface area contributed by atoms with E-state index in [1.807, 2.05) is 6.92 Å². The van der Waals surface area contributed by atoms with Gasteiger partial charge in [0.1, 0.15) is 12.2 Å². The number of amides is 2. The number of carbonyl (C=O) groups is 2. The van der Waals surface area contributed by atoms with Crippen molar-refractivity contribution in [1.82, 2.24) is 10.2 Å². The summed E-state index contributed by atoms with van der Waals surface area (Å²) in [6, 6.07) is -0.102. The molecule has 2 rings (SSSR count). The van der Waals surface area contributed by atoms with Crippen LogP contribution in [0.4, 0.5) is 4.79 Å². The van der Waals surface area contributed by atoms with E-state index in [9.17, 15) is 9.59 Å². The van der Waals surface area contributed by atoms with Gasteiger partial charge < -0.3 is 24.8 Å². The lowest BCUT2D eigenvalue weighted by Crippen LogP contribution is -2.65. The predicted molar refractivity (Wildman–Crippen MR) is 75.1 cm³/mol. The van der Waals surface area contributed by atoms with E-state index in [4.69, 9.17) is 14.6 Å². The number of carbonyl (C=O) groups excluding carboxylic acids is 1. The largest absolute Gasteiger partial charge is 0.480 e. The predicted octanol–water partition coefficient (Wildman–Crippen LogP) is 0.688. The van der Waals surface area contributed by atoms with Gasteiger partial charge in [-0.2, -0.15) is 0 Å². The van der Waals surface area contributed by atoms with Crippen LogP contribution in [0.2, 0.25) is 0 Å². The van der Waals surface area contributed by atoms with Crippen molar-refractivity contribution in [2.75, 3.05) is 40.0 Å². The number of carboxylic acids is 1. The third-order valence-corrected chi connectivity index (χ3v) is 4.29. The Morgan fingerprint density at radius 1 is 1.33 bits per heavy atom. The molecule has 1 aliphatic heterocycles. The lowest BCUT2D eigenvalue weighted by molar-refractivity contribution is -0.159. The molecule has 0 unspecified atom stereocenters. The SMILES string of the molecule is COCCC1(CNC(=O)N2CC(C)(OCC(=O)O)C2)CC1. The summed E-state index contributed by atoms with van der Waals surface area (Å²) in [5.41, 5.74) is -0.317. The number of aliphatic carboxylic acids is 1. The molecule has 0 atom stereocenters. The molecular formula is C14H24N2O5. The zero-order valence-corrected chi connectivity index (χ0v) is 12.7. The third-order valence-electron chi connectivity index (χ3n) is 4.29. The van der Waals surface area contributed by atoms with E-state index >= 15 is 0 Å². The average Bonchev–Trinajstić information content (AvgIpc) is 3.18. The maximum absolute atomic E-state index is 12.0. The van der Waals surface area contributed by atoms with E-state index in [0.29, 0.717) is 19.6 Å². The Bertz CT molecular complexity index is 402. The van der Waals surface area contributed by atoms with E-state index in [2.05, 4.69) is 5.32 Å². The van der Waals surface area contributed by atoms with Gasteiger partial charge in [-0.1, -0.05) is 0 Å². The fraction of sp³-hybridized carbons (Fsp3) is 0.857. The lowest BCUT2D eigenvalue weighted by atomic mass is 9.97. The van der Waals surface area contributed by atoms with E-state index in [-0.39, 0.29) is 18.1 Å². The van der Waals surface area contributed by atoms with Crippen LogP contribution in [-0.2, 0) is 14.3 Å². The maximum atomic E-state index is 12.0. The van der Waals surface area contributed by atoms with Crippen molar-refractivity contribution in [1.29, 1.82) is 0 Å². The van der Waals surface area contributed by atoms with E-state index in [1.54, 1.807) is 12.0 Å². The van der Waals surface area contributed by atoms with E-state index in [0.717, 1.165) is 25.9 Å². The van der Waals surface area contributed by atoms with Crippen LogP contribution >= 0.6 is 0 Å². The summed E-state index contributed by atoms with van der Waals surface area (Å²) >= 11 is 0. The Hall–Kier alpha value is -1.34. The van der Waals surface area contributed by atoms with Gasteiger partial charge in [-0.15, -0.1) is 0 Å². The number of nitrogens with one attached hydrogen (secondary N) is 1. The summed E-state index contributed by atoms with van der Waals surface area (Å²) in [6.07, 6.45) is 3.25. The molecule has 120 valence electrons. The maximum Gasteiger partial charge on any atom is 0.329 e. The average molecular weight is 300 g/mol. The highest BCUT2D eigenvalue weighted by Gasteiger charge is 2.45. The summed E-state index contributed by atoms with van der Waals surface area (Å²) in [7, 11) is 1.69. The lowest BCUT2D eigenvalue weighted by Gasteiger charge is -2.47. The van der Waals surface area contributed by atoms with Gasteiger partial charge in [0.05, 0.1) is 13.1 Å². The molecule has 2 amide bonds. The zero-order chi connectivity index (χ0) is 15.5. The minimum atomic E-state index is -0.993. The van der Waals surface area contributed by atoms with Crippen molar-refractivity contribution in [3.63, 3.8) is 0 Å². The molecule has 1 heterocycles. The van der Waals surface area contributed by atoms with Crippen molar-refractivity contribution < 1.29 is 24.2 Å². The Kier molecular flexibility index (Phi) is 4.73. The van der Waals surface area contributed by atoms with Gasteiger partial charge >= 0.3 is 12.0 Å². The number of urea groups is 1. The van der Waals surface area contributed by atoms with Gasteiger partial charge in [-0.25, -0.2) is 9.59 Å². The minimum absolute atomic E-state index is 0.102. The van der Waals surface area contributed by atoms with Gasteiger partial charge in [0.2, 0.25) is 0 Å². The molecule has 1 saturated carbocycles. The van der Waals surface area contributed by atoms with E-state index < -0.39 is 11.6 Å². The summed E-state index contributed by atoms with van der Waals surface area (Å²) in [4.78, 5) is 24.1. The first-order chi connectivity index (χ1) is 9.88. The van der Waals surface area contributed by atoms with Crippen molar-refractivity contribution in [3.8, 4) is 0 Å². The van der Waals surface area contributed by atoms with Crippen molar-refractivity contribution >= 4 is 12.0 Å². The molecule has 2 fully saturated rings. The number of carboxylic acid groups (broad SMARTS) is 1. The number of ether oxygens (including phenoxy) is 2. The van der Waals surface area contributed by atoms with Crippen LogP contribution in [0.5, 0.6) is 0 Å². The zero-order valence-electron chi connectivity index (χ0n) is 12.7. The van der Waals surface area contributed by atoms with Gasteiger partial charge in [0.25, 0.3) is 0 Å². The summed E-state index contributed by atoms with van der Waals surface area (Å²) in [6.45, 7) is 3.75. The second-order valence-corrected chi connectivity index (χ2v) is 6.39. The van der Waals surface area contributed by atoms with Crippen molar-refractivity contribution in [3.05, 3.63) is 0 Å². The molecule has 7 heteroatoms. The third kappa shape index (κ3) is 4.31. The fourth-order valence-corrected chi connectivity index (χ4v) is 2.62. The van der Waals surface area contributed by atoms with Gasteiger partial charge in [0.15, 0.2) is 0 Å². The second-order valence-electron chi connectivity index (χ2n) is 6.39. The molecule has 1 saturated heterocycles. The van der Waals surface area contributed by atoms with Crippen LogP contribution in [0.3, 0.4) is 0 Å².